The maximum Gasteiger partial charge on any atom is 0.335 e. The third-order valence-corrected chi connectivity index (χ3v) is 5.07. The molecule has 0 aliphatic heterocycles. The van der Waals surface area contributed by atoms with Crippen molar-refractivity contribution in [1.29, 1.82) is 0 Å². The summed E-state index contributed by atoms with van der Waals surface area (Å²) in [5.41, 5.74) is 0.921. The van der Waals surface area contributed by atoms with Crippen LogP contribution < -0.4 is 20.1 Å². The fraction of sp³-hybridized carbons (Fsp3) is 0.440. The summed E-state index contributed by atoms with van der Waals surface area (Å²) < 4.78 is 11.0. The molecule has 0 radical (unpaired) electrons. The van der Waals surface area contributed by atoms with Crippen molar-refractivity contribution in [3.63, 3.8) is 0 Å². The van der Waals surface area contributed by atoms with Crippen LogP contribution in [0, 0.1) is 0 Å². The lowest BCUT2D eigenvalue weighted by atomic mass is 10.1. The predicted molar refractivity (Wildman–Crippen MR) is 127 cm³/mol. The van der Waals surface area contributed by atoms with Gasteiger partial charge in [-0.2, -0.15) is 0 Å². The van der Waals surface area contributed by atoms with E-state index in [1.54, 1.807) is 12.1 Å². The molecule has 0 atom stereocenters. The minimum Gasteiger partial charge on any atom is -0.495 e. The number of methoxy groups -OCH3 is 1. The van der Waals surface area contributed by atoms with Crippen LogP contribution in [0.15, 0.2) is 42.5 Å². The van der Waals surface area contributed by atoms with Crippen molar-refractivity contribution < 1.29 is 24.2 Å². The number of carboxylic acids is 1. The van der Waals surface area contributed by atoms with E-state index >= 15 is 0 Å². The molecule has 0 bridgehead atoms. The Morgan fingerprint density at radius 1 is 0.875 bits per heavy atom. The fourth-order valence-corrected chi connectivity index (χ4v) is 3.28. The van der Waals surface area contributed by atoms with Gasteiger partial charge in [0.25, 0.3) is 0 Å². The van der Waals surface area contributed by atoms with Crippen molar-refractivity contribution in [2.45, 2.75) is 58.3 Å². The normalized spacial score (nSPS) is 10.4. The molecule has 2 aromatic carbocycles. The first-order valence-corrected chi connectivity index (χ1v) is 11.3. The van der Waals surface area contributed by atoms with E-state index in [-0.39, 0.29) is 11.3 Å². The van der Waals surface area contributed by atoms with E-state index < -0.39 is 12.0 Å². The van der Waals surface area contributed by atoms with Crippen LogP contribution in [0.2, 0.25) is 0 Å². The second-order valence-electron chi connectivity index (χ2n) is 7.65. The molecule has 2 amide bonds. The van der Waals surface area contributed by atoms with Crippen LogP contribution in [-0.2, 0) is 0 Å². The van der Waals surface area contributed by atoms with Gasteiger partial charge in [0.05, 0.1) is 25.0 Å². The Hall–Kier alpha value is -3.22. The minimum absolute atomic E-state index is 0.0547. The number of urea groups is 1. The van der Waals surface area contributed by atoms with Crippen LogP contribution in [0.3, 0.4) is 0 Å². The molecule has 2 rings (SSSR count). The Labute approximate surface area is 190 Å². The summed E-state index contributed by atoms with van der Waals surface area (Å²) >= 11 is 0. The highest BCUT2D eigenvalue weighted by molar-refractivity contribution is 6.01. The van der Waals surface area contributed by atoms with Crippen molar-refractivity contribution in [2.75, 3.05) is 24.4 Å². The summed E-state index contributed by atoms with van der Waals surface area (Å²) in [6.45, 7) is 2.91. The summed E-state index contributed by atoms with van der Waals surface area (Å²) in [7, 11) is 1.45. The van der Waals surface area contributed by atoms with Gasteiger partial charge in [-0.05, 0) is 48.9 Å². The Balaban J connectivity index is 1.74. The number of unbranched alkanes of at least 4 members (excludes halogenated alkanes) is 7. The molecule has 3 N–H and O–H groups in total. The van der Waals surface area contributed by atoms with Gasteiger partial charge >= 0.3 is 12.0 Å². The summed E-state index contributed by atoms with van der Waals surface area (Å²) in [5.74, 6) is 0.0447. The van der Waals surface area contributed by atoms with Crippen molar-refractivity contribution >= 4 is 23.4 Å². The van der Waals surface area contributed by atoms with E-state index in [9.17, 15) is 9.59 Å². The van der Waals surface area contributed by atoms with Crippen molar-refractivity contribution in [1.82, 2.24) is 0 Å². The number of carbonyl (C=O) groups is 2. The van der Waals surface area contributed by atoms with Crippen LogP contribution in [0.1, 0.15) is 68.6 Å². The van der Waals surface area contributed by atoms with Crippen LogP contribution in [0.4, 0.5) is 16.2 Å². The SMILES string of the molecule is CCCCCCCCCCOc1ccc(NC(=O)Nc2cc(C(=O)O)ccc2OC)cc1. The molecule has 0 aromatic heterocycles. The van der Waals surface area contributed by atoms with E-state index in [4.69, 9.17) is 14.6 Å². The third kappa shape index (κ3) is 8.88. The molecule has 2 aromatic rings. The molecule has 174 valence electrons. The second kappa shape index (κ2) is 14.0. The molecule has 7 heteroatoms. The van der Waals surface area contributed by atoms with Crippen LogP contribution in [0.5, 0.6) is 11.5 Å². The zero-order valence-corrected chi connectivity index (χ0v) is 19.0. The molecular formula is C25H34N2O5. The zero-order chi connectivity index (χ0) is 23.2. The lowest BCUT2D eigenvalue weighted by Gasteiger charge is -2.12. The molecule has 0 aliphatic carbocycles. The monoisotopic (exact) mass is 442 g/mol. The van der Waals surface area contributed by atoms with Gasteiger partial charge in [0.15, 0.2) is 0 Å². The Morgan fingerprint density at radius 2 is 1.53 bits per heavy atom. The van der Waals surface area contributed by atoms with Gasteiger partial charge < -0.3 is 25.2 Å². The van der Waals surface area contributed by atoms with E-state index in [0.29, 0.717) is 18.0 Å². The standard InChI is InChI=1S/C25H34N2O5/c1-3-4-5-6-7-8-9-10-17-32-21-14-12-20(13-15-21)26-25(30)27-22-18-19(24(28)29)11-16-23(22)31-2/h11-16,18H,3-10,17H2,1-2H3,(H,28,29)(H2,26,27,30). The molecule has 0 aliphatic rings. The lowest BCUT2D eigenvalue weighted by Crippen LogP contribution is -2.20. The summed E-state index contributed by atoms with van der Waals surface area (Å²) in [6, 6.07) is 10.9. The molecule has 0 fully saturated rings. The van der Waals surface area contributed by atoms with Gasteiger partial charge in [0.2, 0.25) is 0 Å². The van der Waals surface area contributed by atoms with Crippen LogP contribution in [-0.4, -0.2) is 30.8 Å². The molecular weight excluding hydrogens is 408 g/mol. The number of amides is 2. The number of carbonyl (C=O) groups excluding carboxylic acids is 1. The topological polar surface area (TPSA) is 96.9 Å². The van der Waals surface area contributed by atoms with E-state index in [2.05, 4.69) is 17.6 Å². The number of nitrogens with one attached hydrogen (secondary N) is 2. The van der Waals surface area contributed by atoms with Crippen molar-refractivity contribution in [2.24, 2.45) is 0 Å². The van der Waals surface area contributed by atoms with Gasteiger partial charge in [-0.3, -0.25) is 0 Å². The first kappa shape index (κ1) is 25.0. The van der Waals surface area contributed by atoms with Gasteiger partial charge in [0, 0.05) is 5.69 Å². The first-order valence-electron chi connectivity index (χ1n) is 11.3. The largest absolute Gasteiger partial charge is 0.495 e. The second-order valence-corrected chi connectivity index (χ2v) is 7.65. The smallest absolute Gasteiger partial charge is 0.335 e. The molecule has 0 saturated carbocycles. The van der Waals surface area contributed by atoms with Crippen LogP contribution >= 0.6 is 0 Å². The number of rotatable bonds is 14. The highest BCUT2D eigenvalue weighted by Gasteiger charge is 2.12. The molecule has 0 spiro atoms. The highest BCUT2D eigenvalue weighted by atomic mass is 16.5. The average Bonchev–Trinajstić information content (AvgIpc) is 2.79. The zero-order valence-electron chi connectivity index (χ0n) is 19.0. The maximum atomic E-state index is 12.3. The highest BCUT2D eigenvalue weighted by Crippen LogP contribution is 2.26. The Morgan fingerprint density at radius 3 is 2.16 bits per heavy atom. The molecule has 32 heavy (non-hydrogen) atoms. The maximum absolute atomic E-state index is 12.3. The van der Waals surface area contributed by atoms with Crippen molar-refractivity contribution in [3.05, 3.63) is 48.0 Å². The average molecular weight is 443 g/mol. The van der Waals surface area contributed by atoms with Gasteiger partial charge in [0.1, 0.15) is 11.5 Å². The molecule has 0 unspecified atom stereocenters. The van der Waals surface area contributed by atoms with E-state index in [1.165, 1.54) is 70.3 Å². The molecule has 0 saturated heterocycles. The number of anilines is 2. The molecule has 7 nitrogen and oxygen atoms in total. The number of aromatic carboxylic acids is 1. The van der Waals surface area contributed by atoms with E-state index in [0.717, 1.165) is 12.2 Å². The number of benzene rings is 2. The quantitative estimate of drug-likeness (QED) is 0.288. The Bertz CT molecular complexity index is 852. The van der Waals surface area contributed by atoms with Gasteiger partial charge in [-0.25, -0.2) is 9.59 Å². The predicted octanol–water partition coefficient (Wildman–Crippen LogP) is 6.56. The first-order chi connectivity index (χ1) is 15.5. The van der Waals surface area contributed by atoms with Crippen molar-refractivity contribution in [3.8, 4) is 11.5 Å². The summed E-state index contributed by atoms with van der Waals surface area (Å²) in [4.78, 5) is 23.5. The fourth-order valence-electron chi connectivity index (χ4n) is 3.28. The number of carboxylic acid groups (broad SMARTS) is 1. The molecule has 0 heterocycles. The summed E-state index contributed by atoms with van der Waals surface area (Å²) in [6.07, 6.45) is 10.1. The number of ether oxygens (including phenoxy) is 2. The lowest BCUT2D eigenvalue weighted by molar-refractivity contribution is 0.0697. The van der Waals surface area contributed by atoms with Gasteiger partial charge in [-0.1, -0.05) is 51.9 Å². The Kier molecular flexibility index (Phi) is 10.9. The third-order valence-electron chi connectivity index (χ3n) is 5.07. The minimum atomic E-state index is -1.08. The summed E-state index contributed by atoms with van der Waals surface area (Å²) in [5, 5.41) is 14.5. The van der Waals surface area contributed by atoms with Gasteiger partial charge in [-0.15, -0.1) is 0 Å². The number of hydrogen-bond acceptors (Lipinski definition) is 4. The van der Waals surface area contributed by atoms with Crippen LogP contribution in [0.25, 0.3) is 0 Å². The number of hydrogen-bond donors (Lipinski definition) is 3. The van der Waals surface area contributed by atoms with E-state index in [1.807, 2.05) is 12.1 Å².